The summed E-state index contributed by atoms with van der Waals surface area (Å²) in [5.74, 6) is 0. The van der Waals surface area contributed by atoms with Crippen molar-refractivity contribution in [2.45, 2.75) is 19.4 Å². The molecule has 2 aromatic rings. The Labute approximate surface area is 108 Å². The number of thiophene rings is 1. The number of nitrogens with one attached hydrogen (secondary N) is 1. The van der Waals surface area contributed by atoms with Gasteiger partial charge in [-0.1, -0.05) is 23.0 Å². The highest BCUT2D eigenvalue weighted by atomic mass is 35.5. The van der Waals surface area contributed by atoms with Gasteiger partial charge in [-0.2, -0.15) is 0 Å². The zero-order valence-corrected chi connectivity index (χ0v) is 11.2. The SMILES string of the molecule is CCNC(Cc1ccc(Cl)s1)c1csnn1. The summed E-state index contributed by atoms with van der Waals surface area (Å²) in [5, 5.41) is 9.51. The van der Waals surface area contributed by atoms with Gasteiger partial charge in [-0.15, -0.1) is 16.4 Å². The number of likely N-dealkylation sites (N-methyl/N-ethyl adjacent to an activating group) is 1. The van der Waals surface area contributed by atoms with E-state index < -0.39 is 0 Å². The normalized spacial score (nSPS) is 12.9. The van der Waals surface area contributed by atoms with E-state index in [1.165, 1.54) is 16.4 Å². The van der Waals surface area contributed by atoms with Crippen LogP contribution in [0, 0.1) is 0 Å². The number of aromatic nitrogens is 2. The second-order valence-corrected chi connectivity index (χ2v) is 5.76. The molecule has 1 unspecified atom stereocenters. The Kier molecular flexibility index (Phi) is 4.29. The second-order valence-electron chi connectivity index (χ2n) is 3.35. The van der Waals surface area contributed by atoms with Crippen LogP contribution in [0.5, 0.6) is 0 Å². The minimum atomic E-state index is 0.235. The van der Waals surface area contributed by atoms with Crippen LogP contribution in [-0.4, -0.2) is 16.1 Å². The van der Waals surface area contributed by atoms with Crippen LogP contribution in [-0.2, 0) is 6.42 Å². The average Bonchev–Trinajstić information content (AvgIpc) is 2.88. The van der Waals surface area contributed by atoms with Crippen molar-refractivity contribution in [3.8, 4) is 0 Å². The van der Waals surface area contributed by atoms with E-state index in [1.54, 1.807) is 11.3 Å². The molecule has 0 radical (unpaired) electrons. The Bertz CT molecular complexity index is 427. The molecule has 86 valence electrons. The molecule has 0 saturated carbocycles. The van der Waals surface area contributed by atoms with Crippen molar-refractivity contribution in [2.24, 2.45) is 0 Å². The van der Waals surface area contributed by atoms with Crippen LogP contribution in [0.1, 0.15) is 23.5 Å². The second kappa shape index (κ2) is 5.72. The number of hydrogen-bond donors (Lipinski definition) is 1. The van der Waals surface area contributed by atoms with Gasteiger partial charge >= 0.3 is 0 Å². The van der Waals surface area contributed by atoms with Gasteiger partial charge in [-0.25, -0.2) is 0 Å². The number of hydrogen-bond acceptors (Lipinski definition) is 5. The fourth-order valence-electron chi connectivity index (χ4n) is 1.51. The highest BCUT2D eigenvalue weighted by molar-refractivity contribution is 7.16. The molecule has 0 aliphatic heterocycles. The molecule has 0 spiro atoms. The van der Waals surface area contributed by atoms with Gasteiger partial charge in [-0.05, 0) is 30.2 Å². The van der Waals surface area contributed by atoms with E-state index in [-0.39, 0.29) is 6.04 Å². The summed E-state index contributed by atoms with van der Waals surface area (Å²) in [5.41, 5.74) is 1.01. The van der Waals surface area contributed by atoms with Crippen molar-refractivity contribution in [2.75, 3.05) is 6.54 Å². The summed E-state index contributed by atoms with van der Waals surface area (Å²) < 4.78 is 4.74. The lowest BCUT2D eigenvalue weighted by Gasteiger charge is -2.13. The maximum atomic E-state index is 5.92. The summed E-state index contributed by atoms with van der Waals surface area (Å²) in [6, 6.07) is 4.24. The molecule has 6 heteroatoms. The summed E-state index contributed by atoms with van der Waals surface area (Å²) in [6.07, 6.45) is 0.913. The topological polar surface area (TPSA) is 37.8 Å². The molecule has 0 aliphatic carbocycles. The van der Waals surface area contributed by atoms with Gasteiger partial charge in [0, 0.05) is 16.7 Å². The molecular weight excluding hydrogens is 262 g/mol. The number of halogens is 1. The zero-order chi connectivity index (χ0) is 11.4. The summed E-state index contributed by atoms with van der Waals surface area (Å²) >= 11 is 8.92. The Hall–Kier alpha value is -0.490. The van der Waals surface area contributed by atoms with Crippen LogP contribution in [0.2, 0.25) is 4.34 Å². The molecule has 0 amide bonds. The van der Waals surface area contributed by atoms with Crippen LogP contribution < -0.4 is 5.32 Å². The van der Waals surface area contributed by atoms with Gasteiger partial charge in [0.25, 0.3) is 0 Å². The van der Waals surface area contributed by atoms with Crippen molar-refractivity contribution in [3.63, 3.8) is 0 Å². The molecule has 0 aromatic carbocycles. The van der Waals surface area contributed by atoms with Crippen molar-refractivity contribution in [1.82, 2.24) is 14.9 Å². The lowest BCUT2D eigenvalue weighted by molar-refractivity contribution is 0.539. The third-order valence-electron chi connectivity index (χ3n) is 2.22. The lowest BCUT2D eigenvalue weighted by Crippen LogP contribution is -2.23. The summed E-state index contributed by atoms with van der Waals surface area (Å²) in [7, 11) is 0. The number of nitrogens with zero attached hydrogens (tertiary/aromatic N) is 2. The van der Waals surface area contributed by atoms with Crippen LogP contribution in [0.15, 0.2) is 17.5 Å². The predicted molar refractivity (Wildman–Crippen MR) is 69.4 cm³/mol. The Morgan fingerprint density at radius 1 is 1.50 bits per heavy atom. The van der Waals surface area contributed by atoms with Crippen molar-refractivity contribution in [3.05, 3.63) is 32.4 Å². The monoisotopic (exact) mass is 273 g/mol. The molecule has 1 N–H and O–H groups in total. The maximum Gasteiger partial charge on any atom is 0.0931 e. The lowest BCUT2D eigenvalue weighted by atomic mass is 10.1. The van der Waals surface area contributed by atoms with Gasteiger partial charge in [0.05, 0.1) is 16.1 Å². The fourth-order valence-corrected chi connectivity index (χ4v) is 3.15. The quantitative estimate of drug-likeness (QED) is 0.909. The first kappa shape index (κ1) is 12.0. The Balaban J connectivity index is 2.09. The fraction of sp³-hybridized carbons (Fsp3) is 0.400. The highest BCUT2D eigenvalue weighted by Crippen LogP contribution is 2.26. The molecule has 2 heterocycles. The smallest absolute Gasteiger partial charge is 0.0931 e. The molecule has 2 rings (SSSR count). The van der Waals surface area contributed by atoms with Crippen LogP contribution >= 0.6 is 34.5 Å². The Morgan fingerprint density at radius 3 is 2.94 bits per heavy atom. The van der Waals surface area contributed by atoms with Gasteiger partial charge in [0.1, 0.15) is 0 Å². The van der Waals surface area contributed by atoms with Crippen molar-refractivity contribution >= 4 is 34.5 Å². The van der Waals surface area contributed by atoms with Crippen LogP contribution in [0.25, 0.3) is 0 Å². The highest BCUT2D eigenvalue weighted by Gasteiger charge is 2.14. The molecule has 0 aliphatic rings. The van der Waals surface area contributed by atoms with Crippen LogP contribution in [0.3, 0.4) is 0 Å². The van der Waals surface area contributed by atoms with Gasteiger partial charge in [0.15, 0.2) is 0 Å². The molecule has 0 bridgehead atoms. The van der Waals surface area contributed by atoms with Crippen molar-refractivity contribution < 1.29 is 0 Å². The number of rotatable bonds is 5. The molecule has 2 aromatic heterocycles. The molecule has 0 fully saturated rings. The Morgan fingerprint density at radius 2 is 2.38 bits per heavy atom. The largest absolute Gasteiger partial charge is 0.309 e. The van der Waals surface area contributed by atoms with E-state index in [1.807, 2.05) is 11.4 Å². The van der Waals surface area contributed by atoms with Crippen LogP contribution in [0.4, 0.5) is 0 Å². The van der Waals surface area contributed by atoms with E-state index in [0.29, 0.717) is 0 Å². The van der Waals surface area contributed by atoms with E-state index in [9.17, 15) is 0 Å². The summed E-state index contributed by atoms with van der Waals surface area (Å²) in [4.78, 5) is 1.27. The molecule has 0 saturated heterocycles. The first-order valence-corrected chi connectivity index (χ1v) is 7.07. The molecular formula is C10H12ClN3S2. The summed E-state index contributed by atoms with van der Waals surface area (Å²) in [6.45, 7) is 3.01. The minimum Gasteiger partial charge on any atom is -0.309 e. The first-order valence-electron chi connectivity index (χ1n) is 5.04. The van der Waals surface area contributed by atoms with Crippen molar-refractivity contribution in [1.29, 1.82) is 0 Å². The first-order chi connectivity index (χ1) is 7.79. The predicted octanol–water partition coefficient (Wildman–Crippen LogP) is 3.15. The molecule has 3 nitrogen and oxygen atoms in total. The van der Waals surface area contributed by atoms with E-state index in [2.05, 4.69) is 27.9 Å². The van der Waals surface area contributed by atoms with Gasteiger partial charge < -0.3 is 5.32 Å². The maximum absolute atomic E-state index is 5.92. The van der Waals surface area contributed by atoms with E-state index >= 15 is 0 Å². The van der Waals surface area contributed by atoms with E-state index in [4.69, 9.17) is 11.6 Å². The third kappa shape index (κ3) is 3.01. The van der Waals surface area contributed by atoms with Gasteiger partial charge in [-0.3, -0.25) is 0 Å². The van der Waals surface area contributed by atoms with Gasteiger partial charge in [0.2, 0.25) is 0 Å². The standard InChI is InChI=1S/C10H12ClN3S2/c1-2-12-8(9-6-15-14-13-9)5-7-3-4-10(11)16-7/h3-4,6,8,12H,2,5H2,1H3. The molecule has 1 atom stereocenters. The van der Waals surface area contributed by atoms with E-state index in [0.717, 1.165) is 23.0 Å². The zero-order valence-electron chi connectivity index (χ0n) is 8.81. The average molecular weight is 274 g/mol. The molecule has 16 heavy (non-hydrogen) atoms. The third-order valence-corrected chi connectivity index (χ3v) is 3.99. The minimum absolute atomic E-state index is 0.235.